The van der Waals surface area contributed by atoms with Crippen molar-refractivity contribution < 1.29 is 24.5 Å². The minimum absolute atomic E-state index is 0.152. The fourth-order valence-corrected chi connectivity index (χ4v) is 7.39. The predicted octanol–water partition coefficient (Wildman–Crippen LogP) is 5.37. The molecule has 246 valence electrons. The molecule has 5 heterocycles. The molecule has 3 aliphatic rings. The third-order valence-corrected chi connectivity index (χ3v) is 10.3. The minimum Gasteiger partial charge on any atom is -0.484 e. The average Bonchev–Trinajstić information content (AvgIpc) is 3.25. The van der Waals surface area contributed by atoms with E-state index in [-0.39, 0.29) is 18.6 Å². The summed E-state index contributed by atoms with van der Waals surface area (Å²) in [5.41, 5.74) is -0.608. The van der Waals surface area contributed by atoms with Gasteiger partial charge in [-0.2, -0.15) is 0 Å². The third-order valence-electron chi connectivity index (χ3n) is 8.82. The number of carbonyl (C=O) groups is 1. The summed E-state index contributed by atoms with van der Waals surface area (Å²) in [6.07, 6.45) is 4.17. The molecule has 2 fully saturated rings. The van der Waals surface area contributed by atoms with Crippen molar-refractivity contribution in [2.24, 2.45) is 5.92 Å². The predicted molar refractivity (Wildman–Crippen MR) is 177 cm³/mol. The zero-order valence-electron chi connectivity index (χ0n) is 26.8. The van der Waals surface area contributed by atoms with E-state index in [4.69, 9.17) is 31.0 Å². The van der Waals surface area contributed by atoms with Crippen LogP contribution >= 0.6 is 23.4 Å². The Morgan fingerprint density at radius 1 is 1.11 bits per heavy atom. The molecule has 1 atom stereocenters. The first-order chi connectivity index (χ1) is 21.8. The van der Waals surface area contributed by atoms with Crippen LogP contribution in [0.2, 0.25) is 5.02 Å². The number of pyridine rings is 1. The maximum absolute atomic E-state index is 12.9. The number of piperidine rings is 1. The van der Waals surface area contributed by atoms with Gasteiger partial charge in [0.15, 0.2) is 5.82 Å². The highest BCUT2D eigenvalue weighted by atomic mass is 35.5. The quantitative estimate of drug-likeness (QED) is 0.300. The first-order valence-electron chi connectivity index (χ1n) is 15.6. The van der Waals surface area contributed by atoms with Gasteiger partial charge in [0.25, 0.3) is 0 Å². The van der Waals surface area contributed by atoms with E-state index in [2.05, 4.69) is 20.1 Å². The van der Waals surface area contributed by atoms with Crippen LogP contribution in [-0.4, -0.2) is 74.2 Å². The lowest BCUT2D eigenvalue weighted by Crippen LogP contribution is -2.56. The lowest BCUT2D eigenvalue weighted by molar-refractivity contribution is 0.00436. The monoisotopic (exact) mass is 668 g/mol. The molecule has 3 aromatic rings. The smallest absolute Gasteiger partial charge is 0.408 e. The van der Waals surface area contributed by atoms with Gasteiger partial charge in [-0.25, -0.2) is 19.7 Å². The van der Waals surface area contributed by atoms with Gasteiger partial charge in [-0.15, -0.1) is 0 Å². The molecule has 2 saturated heterocycles. The van der Waals surface area contributed by atoms with Gasteiger partial charge in [-0.3, -0.25) is 0 Å². The van der Waals surface area contributed by atoms with Gasteiger partial charge in [0.1, 0.15) is 39.5 Å². The minimum atomic E-state index is -0.754. The number of carbonyl (C=O) groups excluding carboxylic acids is 1. The van der Waals surface area contributed by atoms with Crippen molar-refractivity contribution in [1.29, 1.82) is 0 Å². The second-order valence-electron chi connectivity index (χ2n) is 13.7. The number of halogens is 1. The van der Waals surface area contributed by atoms with Crippen LogP contribution in [0.5, 0.6) is 5.75 Å². The molecule has 0 unspecified atom stereocenters. The average molecular weight is 669 g/mol. The van der Waals surface area contributed by atoms with Crippen molar-refractivity contribution >= 4 is 41.1 Å². The van der Waals surface area contributed by atoms with Crippen LogP contribution in [0.4, 0.5) is 16.4 Å². The van der Waals surface area contributed by atoms with Gasteiger partial charge in [-0.05, 0) is 46.8 Å². The number of hydrogen-bond acceptors (Lipinski definition) is 11. The number of amides is 1. The Morgan fingerprint density at radius 2 is 1.83 bits per heavy atom. The number of aliphatic hydroxyl groups is 2. The lowest BCUT2D eigenvalue weighted by Gasteiger charge is -2.46. The standard InChI is InChI=1S/C33H41ClN6O5S/c1-31(2,3)45-30(42)38-27-21-8-6-7-9-23(21)44-33(27)11-14-39(15-12-33)28-22(19-41)37-25(16-36-28)46-24-10-13-35-29(26(24)34)40-17-20(18-40)32(4,5)43/h6-10,13,16,20,27,41,43H,11-12,14-15,17-19H2,1-5H3,(H,38,42)/t27-/m1/s1. The van der Waals surface area contributed by atoms with Crippen molar-refractivity contribution in [1.82, 2.24) is 20.3 Å². The van der Waals surface area contributed by atoms with Gasteiger partial charge in [0.2, 0.25) is 0 Å². The number of alkyl carbamates (subject to hydrolysis) is 1. The van der Waals surface area contributed by atoms with Crippen LogP contribution in [0.15, 0.2) is 52.6 Å². The Hall–Kier alpha value is -3.32. The van der Waals surface area contributed by atoms with E-state index in [1.165, 1.54) is 11.8 Å². The molecule has 46 heavy (non-hydrogen) atoms. The number of fused-ring (bicyclic) bond motifs is 1. The van der Waals surface area contributed by atoms with E-state index in [1.54, 1.807) is 12.4 Å². The Labute approximate surface area is 278 Å². The van der Waals surface area contributed by atoms with Gasteiger partial charge < -0.3 is 34.8 Å². The molecule has 1 spiro atoms. The molecule has 0 saturated carbocycles. The van der Waals surface area contributed by atoms with Crippen molar-refractivity contribution in [3.05, 3.63) is 59.0 Å². The van der Waals surface area contributed by atoms with Crippen LogP contribution in [0.1, 0.15) is 64.8 Å². The van der Waals surface area contributed by atoms with E-state index >= 15 is 0 Å². The van der Waals surface area contributed by atoms with Crippen LogP contribution in [0.3, 0.4) is 0 Å². The summed E-state index contributed by atoms with van der Waals surface area (Å²) >= 11 is 8.15. The van der Waals surface area contributed by atoms with Gasteiger partial charge in [0.05, 0.1) is 23.4 Å². The Balaban J connectivity index is 1.15. The molecule has 1 amide bonds. The number of anilines is 2. The molecule has 0 radical (unpaired) electrons. The lowest BCUT2D eigenvalue weighted by atomic mass is 9.82. The molecule has 3 aliphatic heterocycles. The van der Waals surface area contributed by atoms with E-state index < -0.39 is 22.9 Å². The van der Waals surface area contributed by atoms with Gasteiger partial charge >= 0.3 is 6.09 Å². The highest BCUT2D eigenvalue weighted by molar-refractivity contribution is 7.99. The number of aliphatic hydroxyl groups excluding tert-OH is 1. The number of ether oxygens (including phenoxy) is 2. The SMILES string of the molecule is CC(C)(C)OC(=O)N[C@@H]1c2ccccc2OC12CCN(c1ncc(Sc3ccnc(N4CC(C(C)(C)O)C4)c3Cl)nc1CO)CC2. The Kier molecular flexibility index (Phi) is 8.77. The number of nitrogens with zero attached hydrogens (tertiary/aromatic N) is 5. The largest absolute Gasteiger partial charge is 0.484 e. The van der Waals surface area contributed by atoms with Crippen molar-refractivity contribution in [3.63, 3.8) is 0 Å². The molecule has 2 aromatic heterocycles. The number of aromatic nitrogens is 3. The van der Waals surface area contributed by atoms with Gasteiger partial charge in [0, 0.05) is 61.6 Å². The topological polar surface area (TPSA) is 133 Å². The maximum atomic E-state index is 12.9. The third kappa shape index (κ3) is 6.58. The number of rotatable bonds is 7. The summed E-state index contributed by atoms with van der Waals surface area (Å²) < 4.78 is 12.1. The van der Waals surface area contributed by atoms with Crippen LogP contribution in [0.25, 0.3) is 0 Å². The van der Waals surface area contributed by atoms with Crippen LogP contribution in [-0.2, 0) is 11.3 Å². The number of nitrogens with one attached hydrogen (secondary N) is 1. The molecular weight excluding hydrogens is 628 g/mol. The second-order valence-corrected chi connectivity index (χ2v) is 15.2. The Bertz CT molecular complexity index is 1600. The molecule has 0 aliphatic carbocycles. The number of benzene rings is 1. The van der Waals surface area contributed by atoms with Crippen molar-refractivity contribution in [3.8, 4) is 5.75 Å². The summed E-state index contributed by atoms with van der Waals surface area (Å²) in [4.78, 5) is 31.8. The highest BCUT2D eigenvalue weighted by Gasteiger charge is 2.51. The van der Waals surface area contributed by atoms with E-state index in [0.717, 1.165) is 16.2 Å². The highest BCUT2D eigenvalue weighted by Crippen LogP contribution is 2.49. The first kappa shape index (κ1) is 32.6. The van der Waals surface area contributed by atoms with Crippen LogP contribution < -0.4 is 19.9 Å². The molecule has 1 aromatic carbocycles. The second kappa shape index (κ2) is 12.4. The zero-order valence-corrected chi connectivity index (χ0v) is 28.4. The number of para-hydroxylation sites is 1. The van der Waals surface area contributed by atoms with Gasteiger partial charge in [-0.1, -0.05) is 41.6 Å². The molecule has 6 rings (SSSR count). The fourth-order valence-electron chi connectivity index (χ4n) is 6.24. The molecule has 0 bridgehead atoms. The molecule has 3 N–H and O–H groups in total. The Morgan fingerprint density at radius 3 is 2.50 bits per heavy atom. The first-order valence-corrected chi connectivity index (χ1v) is 16.7. The summed E-state index contributed by atoms with van der Waals surface area (Å²) in [6, 6.07) is 9.26. The summed E-state index contributed by atoms with van der Waals surface area (Å²) in [5.74, 6) is 2.21. The molecular formula is C33H41ClN6O5S. The van der Waals surface area contributed by atoms with E-state index in [1.807, 2.05) is 65.0 Å². The van der Waals surface area contributed by atoms with Crippen molar-refractivity contribution in [2.75, 3.05) is 36.0 Å². The van der Waals surface area contributed by atoms with E-state index in [0.29, 0.717) is 66.4 Å². The maximum Gasteiger partial charge on any atom is 0.408 e. The molecule has 13 heteroatoms. The molecule has 11 nitrogen and oxygen atoms in total. The summed E-state index contributed by atoms with van der Waals surface area (Å²) in [5, 5.41) is 24.8. The zero-order chi connectivity index (χ0) is 32.9. The fraction of sp³-hybridized carbons (Fsp3) is 0.515. The van der Waals surface area contributed by atoms with Crippen LogP contribution in [0, 0.1) is 5.92 Å². The van der Waals surface area contributed by atoms with Crippen molar-refractivity contribution in [2.45, 2.75) is 86.8 Å². The summed E-state index contributed by atoms with van der Waals surface area (Å²) in [7, 11) is 0. The van der Waals surface area contributed by atoms with E-state index in [9.17, 15) is 15.0 Å². The summed E-state index contributed by atoms with van der Waals surface area (Å²) in [6.45, 7) is 11.4. The number of hydrogen-bond donors (Lipinski definition) is 3. The normalized spacial score (nSPS) is 19.4.